The van der Waals surface area contributed by atoms with Gasteiger partial charge in [0.05, 0.1) is 11.7 Å². The highest BCUT2D eigenvalue weighted by atomic mass is 31.2. The maximum Gasteiger partial charge on any atom is 0.527 e. The molecule has 10 rings (SSSR count). The van der Waals surface area contributed by atoms with Crippen molar-refractivity contribution in [2.24, 2.45) is 5.92 Å². The lowest BCUT2D eigenvalue weighted by atomic mass is 9.72. The molecule has 10 bridgehead atoms. The molecule has 59 heavy (non-hydrogen) atoms. The van der Waals surface area contributed by atoms with Crippen LogP contribution in [0.5, 0.6) is 11.5 Å². The molecule has 0 aliphatic carbocycles. The molecule has 16 nitrogen and oxygen atoms in total. The molecule has 3 aromatic carbocycles. The summed E-state index contributed by atoms with van der Waals surface area (Å²) in [5, 5.41) is 21.4. The van der Waals surface area contributed by atoms with Crippen LogP contribution in [0.1, 0.15) is 74.9 Å². The van der Waals surface area contributed by atoms with Crippen molar-refractivity contribution >= 4 is 36.2 Å². The van der Waals surface area contributed by atoms with Crippen molar-refractivity contribution in [1.82, 2.24) is 25.6 Å². The Labute approximate surface area is 337 Å². The number of para-hydroxylation sites is 1. The van der Waals surface area contributed by atoms with Gasteiger partial charge in [0.15, 0.2) is 29.2 Å². The zero-order chi connectivity index (χ0) is 41.2. The second-order valence-electron chi connectivity index (χ2n) is 15.8. The highest BCUT2D eigenvalue weighted by molar-refractivity contribution is 7.47. The summed E-state index contributed by atoms with van der Waals surface area (Å²) in [6.07, 6.45) is 2.98. The fourth-order valence-corrected chi connectivity index (χ4v) is 9.47. The average molecular weight is 821 g/mol. The monoisotopic (exact) mass is 820 g/mol. The first-order chi connectivity index (χ1) is 28.3. The Bertz CT molecular complexity index is 2790. The number of aromatic nitrogens is 3. The third-order valence-electron chi connectivity index (χ3n) is 12.3. The number of rotatable bonds is 8. The summed E-state index contributed by atoms with van der Waals surface area (Å²) >= 11 is 0. The Hall–Kier alpha value is -5.93. The van der Waals surface area contributed by atoms with E-state index in [2.05, 4.69) is 20.9 Å². The maximum absolute atomic E-state index is 14.3. The number of carbonyl (C=O) groups is 2. The lowest BCUT2D eigenvalue weighted by Gasteiger charge is -2.30. The van der Waals surface area contributed by atoms with E-state index in [4.69, 9.17) is 32.6 Å². The van der Waals surface area contributed by atoms with Crippen LogP contribution in [-0.4, -0.2) is 61.7 Å². The second-order valence-corrected chi connectivity index (χ2v) is 17.3. The summed E-state index contributed by atoms with van der Waals surface area (Å²) in [6, 6.07) is 13.2. The normalized spacial score (nSPS) is 22.0. The molecule has 0 saturated carbocycles. The van der Waals surface area contributed by atoms with Gasteiger partial charge in [-0.2, -0.15) is 0 Å². The molecule has 3 aromatic heterocycles. The number of H-pyrrole nitrogens is 1. The van der Waals surface area contributed by atoms with Gasteiger partial charge in [0, 0.05) is 53.1 Å². The molecular formula is C42H41N6O10P. The van der Waals surface area contributed by atoms with Gasteiger partial charge in [-0.3, -0.25) is 19.0 Å². The van der Waals surface area contributed by atoms with Gasteiger partial charge in [-0.05, 0) is 48.1 Å². The van der Waals surface area contributed by atoms with E-state index in [9.17, 15) is 24.2 Å². The second kappa shape index (κ2) is 13.0. The van der Waals surface area contributed by atoms with Crippen LogP contribution in [0.4, 0.5) is 5.69 Å². The summed E-state index contributed by atoms with van der Waals surface area (Å²) in [5.74, 6) is 0.418. The van der Waals surface area contributed by atoms with E-state index in [0.29, 0.717) is 39.4 Å². The number of hydrogen-bond donors (Lipinski definition) is 6. The Morgan fingerprint density at radius 1 is 1.08 bits per heavy atom. The fourth-order valence-electron chi connectivity index (χ4n) is 9.00. The zero-order valence-electron chi connectivity index (χ0n) is 32.7. The number of fused-ring (bicyclic) bond motifs is 7. The number of amides is 2. The number of aromatic amines is 1. The van der Waals surface area contributed by atoms with E-state index < -0.39 is 49.0 Å². The van der Waals surface area contributed by atoms with Gasteiger partial charge in [-0.1, -0.05) is 58.0 Å². The SMILES string of the molecule is CCC(O)(CC)C(=O)N[C@H]1Cc2ccc3c(c2)C24c5cccc(c5NC2O3)-c2ccc(OP(=O)(O)OC)c3[nH]cc(c23)-c2cnc(o2)-c2nc(oc24)[C@H](C(C)C)NC1=O. The third kappa shape index (κ3) is 5.36. The van der Waals surface area contributed by atoms with Crippen LogP contribution in [0.3, 0.4) is 0 Å². The minimum Gasteiger partial charge on any atom is -0.469 e. The van der Waals surface area contributed by atoms with E-state index in [1.54, 1.807) is 32.3 Å². The summed E-state index contributed by atoms with van der Waals surface area (Å²) in [5.41, 5.74) is 3.01. The highest BCUT2D eigenvalue weighted by Gasteiger charge is 2.61. The molecule has 3 unspecified atom stereocenters. The number of hydrogen-bond acceptors (Lipinski definition) is 12. The van der Waals surface area contributed by atoms with Gasteiger partial charge >= 0.3 is 7.82 Å². The summed E-state index contributed by atoms with van der Waals surface area (Å²) in [4.78, 5) is 51.3. The first-order valence-corrected chi connectivity index (χ1v) is 21.0. The molecule has 304 valence electrons. The van der Waals surface area contributed by atoms with Gasteiger partial charge in [0.2, 0.25) is 17.7 Å². The number of phosphoric acid groups is 1. The number of anilines is 1. The number of ether oxygens (including phenoxy) is 1. The smallest absolute Gasteiger partial charge is 0.469 e. The largest absolute Gasteiger partial charge is 0.527 e. The highest BCUT2D eigenvalue weighted by Crippen LogP contribution is 2.62. The summed E-state index contributed by atoms with van der Waals surface area (Å²) in [6.45, 7) is 7.32. The number of phosphoric ester groups is 1. The van der Waals surface area contributed by atoms with Crippen LogP contribution in [-0.2, 0) is 30.5 Å². The van der Waals surface area contributed by atoms with Gasteiger partial charge in [0.25, 0.3) is 5.91 Å². The molecule has 6 aromatic rings. The van der Waals surface area contributed by atoms with Crippen LogP contribution < -0.4 is 25.2 Å². The number of benzene rings is 3. The third-order valence-corrected chi connectivity index (χ3v) is 13.2. The van der Waals surface area contributed by atoms with Crippen molar-refractivity contribution < 1.29 is 46.8 Å². The molecule has 4 aliphatic rings. The first-order valence-electron chi connectivity index (χ1n) is 19.5. The quantitative estimate of drug-likeness (QED) is 0.0908. The van der Waals surface area contributed by atoms with Gasteiger partial charge in [-0.25, -0.2) is 14.5 Å². The van der Waals surface area contributed by atoms with E-state index in [-0.39, 0.29) is 42.7 Å². The van der Waals surface area contributed by atoms with Gasteiger partial charge in [-0.15, -0.1) is 0 Å². The number of nitrogens with zero attached hydrogens (tertiary/aromatic N) is 2. The number of oxazole rings is 2. The Balaban J connectivity index is 1.25. The molecule has 2 amide bonds. The van der Waals surface area contributed by atoms with Crippen LogP contribution in [0.25, 0.3) is 44.9 Å². The Kier molecular flexibility index (Phi) is 8.25. The molecule has 17 heteroatoms. The van der Waals surface area contributed by atoms with Crippen molar-refractivity contribution in [3.05, 3.63) is 89.3 Å². The van der Waals surface area contributed by atoms with Gasteiger partial charge < -0.3 is 44.1 Å². The lowest BCUT2D eigenvalue weighted by Crippen LogP contribution is -2.55. The molecule has 0 fully saturated rings. The predicted molar refractivity (Wildman–Crippen MR) is 213 cm³/mol. The van der Waals surface area contributed by atoms with E-state index in [1.807, 2.05) is 56.3 Å². The molecular weight excluding hydrogens is 779 g/mol. The van der Waals surface area contributed by atoms with Crippen LogP contribution >= 0.6 is 7.82 Å². The van der Waals surface area contributed by atoms with Crippen LogP contribution in [0.2, 0.25) is 0 Å². The lowest BCUT2D eigenvalue weighted by molar-refractivity contribution is -0.143. The maximum atomic E-state index is 14.3. The van der Waals surface area contributed by atoms with E-state index >= 15 is 0 Å². The van der Waals surface area contributed by atoms with Crippen molar-refractivity contribution in [2.45, 2.75) is 76.3 Å². The Morgan fingerprint density at radius 2 is 1.90 bits per heavy atom. The molecule has 0 saturated heterocycles. The van der Waals surface area contributed by atoms with Crippen molar-refractivity contribution in [3.63, 3.8) is 0 Å². The molecule has 6 N–H and O–H groups in total. The van der Waals surface area contributed by atoms with Gasteiger partial charge in [0.1, 0.15) is 28.8 Å². The summed E-state index contributed by atoms with van der Waals surface area (Å²) in [7, 11) is -3.35. The molecule has 5 atom stereocenters. The van der Waals surface area contributed by atoms with E-state index in [1.165, 1.54) is 0 Å². The van der Waals surface area contributed by atoms with Crippen LogP contribution in [0.15, 0.2) is 69.8 Å². The topological polar surface area (TPSA) is 223 Å². The van der Waals surface area contributed by atoms with Crippen molar-refractivity contribution in [2.75, 3.05) is 12.4 Å². The number of nitrogens with one attached hydrogen (secondary N) is 4. The average Bonchev–Trinajstić information content (AvgIpc) is 4.06. The Morgan fingerprint density at radius 3 is 2.66 bits per heavy atom. The minimum atomic E-state index is -4.44. The first kappa shape index (κ1) is 37.3. The number of carbonyl (C=O) groups excluding carboxylic acids is 2. The van der Waals surface area contributed by atoms with Crippen LogP contribution in [0, 0.1) is 5.92 Å². The van der Waals surface area contributed by atoms with Crippen molar-refractivity contribution in [3.8, 4) is 45.5 Å². The molecule has 0 radical (unpaired) electrons. The predicted octanol–water partition coefficient (Wildman–Crippen LogP) is 6.47. The minimum absolute atomic E-state index is 0.0902. The van der Waals surface area contributed by atoms with E-state index in [0.717, 1.165) is 40.6 Å². The zero-order valence-corrected chi connectivity index (χ0v) is 33.6. The molecule has 7 heterocycles. The summed E-state index contributed by atoms with van der Waals surface area (Å²) < 4.78 is 43.3. The fraction of sp³-hybridized carbons (Fsp3) is 0.333. The van der Waals surface area contributed by atoms with Crippen molar-refractivity contribution in [1.29, 1.82) is 0 Å². The standard InChI is InChI=1S/C42H41N6O10P/c1-6-41(51,7-2)39(50)45-26-16-20-11-13-27-25(15-20)42-24-10-8-9-22(32(24)48-40(42)56-27)21-12-14-28(58-59(52,53)54-5)33-30(21)23(17-43-33)29-18-44-37(55-29)34-35(42)57-38(47-34)31(19(3)4)46-36(26)49/h8-15,17-19,26,31,40,43,48,51H,6-7,16H2,1-5H3,(H,45,50)(H,46,49)(H,52,53)/t26-,31-,40?,42?/m0/s1. The molecule has 4 aliphatic heterocycles. The molecule has 1 spiro atoms. The number of aliphatic hydroxyl groups is 1.